The zero-order chi connectivity index (χ0) is 17.8. The molecule has 6 heteroatoms. The summed E-state index contributed by atoms with van der Waals surface area (Å²) in [6, 6.07) is 19.8. The molecule has 1 aromatic heterocycles. The summed E-state index contributed by atoms with van der Waals surface area (Å²) in [5.41, 5.74) is 2.55. The van der Waals surface area contributed by atoms with Crippen molar-refractivity contribution in [2.75, 3.05) is 19.8 Å². The first-order valence-corrected chi connectivity index (χ1v) is 8.69. The third kappa shape index (κ3) is 3.50. The van der Waals surface area contributed by atoms with Gasteiger partial charge in [-0.15, -0.1) is 5.10 Å². The molecular weight excluding hydrogens is 328 g/mol. The Labute approximate surface area is 152 Å². The molecule has 6 nitrogen and oxygen atoms in total. The Kier molecular flexibility index (Phi) is 4.75. The molecule has 0 aliphatic carbocycles. The number of morpholine rings is 1. The van der Waals surface area contributed by atoms with Crippen LogP contribution in [-0.2, 0) is 11.3 Å². The molecule has 4 rings (SSSR count). The number of nitrogens with zero attached hydrogens (tertiary/aromatic N) is 4. The number of carbonyl (C=O) groups is 1. The largest absolute Gasteiger partial charge is 0.377 e. The van der Waals surface area contributed by atoms with Gasteiger partial charge in [0.2, 0.25) is 0 Å². The van der Waals surface area contributed by atoms with Crippen LogP contribution in [0.4, 0.5) is 0 Å². The lowest BCUT2D eigenvalue weighted by Crippen LogP contribution is -2.43. The van der Waals surface area contributed by atoms with Crippen LogP contribution >= 0.6 is 0 Å². The predicted molar refractivity (Wildman–Crippen MR) is 96.6 cm³/mol. The van der Waals surface area contributed by atoms with E-state index in [2.05, 4.69) is 10.3 Å². The molecule has 0 saturated carbocycles. The summed E-state index contributed by atoms with van der Waals surface area (Å²) >= 11 is 0. The SMILES string of the molecule is O=C(c1cn(Cc2ccccc2)nn1)N1CCOCC1c1ccccc1. The molecular formula is C20H20N4O2. The van der Waals surface area contributed by atoms with Gasteiger partial charge in [0, 0.05) is 6.54 Å². The topological polar surface area (TPSA) is 60.2 Å². The van der Waals surface area contributed by atoms with E-state index in [1.807, 2.05) is 65.6 Å². The fraction of sp³-hybridized carbons (Fsp3) is 0.250. The summed E-state index contributed by atoms with van der Waals surface area (Å²) in [5.74, 6) is -0.110. The smallest absolute Gasteiger partial charge is 0.276 e. The van der Waals surface area contributed by atoms with Crippen LogP contribution in [0.2, 0.25) is 0 Å². The average Bonchev–Trinajstić information content (AvgIpc) is 3.17. The van der Waals surface area contributed by atoms with Crippen LogP contribution in [0, 0.1) is 0 Å². The molecule has 1 aliphatic heterocycles. The van der Waals surface area contributed by atoms with Crippen LogP contribution in [0.5, 0.6) is 0 Å². The molecule has 2 heterocycles. The maximum Gasteiger partial charge on any atom is 0.276 e. The van der Waals surface area contributed by atoms with Crippen molar-refractivity contribution < 1.29 is 9.53 Å². The third-order valence-electron chi connectivity index (χ3n) is 4.52. The maximum atomic E-state index is 13.0. The Hall–Kier alpha value is -2.99. The van der Waals surface area contributed by atoms with Crippen molar-refractivity contribution in [3.05, 3.63) is 83.7 Å². The summed E-state index contributed by atoms with van der Waals surface area (Å²) in [7, 11) is 0. The van der Waals surface area contributed by atoms with Gasteiger partial charge in [-0.2, -0.15) is 0 Å². The van der Waals surface area contributed by atoms with Crippen molar-refractivity contribution in [2.45, 2.75) is 12.6 Å². The molecule has 26 heavy (non-hydrogen) atoms. The van der Waals surface area contributed by atoms with E-state index in [1.54, 1.807) is 10.9 Å². The molecule has 1 fully saturated rings. The molecule has 0 N–H and O–H groups in total. The highest BCUT2D eigenvalue weighted by molar-refractivity contribution is 5.92. The second kappa shape index (κ2) is 7.49. The molecule has 2 aromatic carbocycles. The van der Waals surface area contributed by atoms with Crippen molar-refractivity contribution in [1.82, 2.24) is 19.9 Å². The van der Waals surface area contributed by atoms with Crippen molar-refractivity contribution in [3.8, 4) is 0 Å². The first kappa shape index (κ1) is 16.5. The highest BCUT2D eigenvalue weighted by Gasteiger charge is 2.30. The lowest BCUT2D eigenvalue weighted by molar-refractivity contribution is -0.00301. The van der Waals surface area contributed by atoms with Crippen LogP contribution in [0.1, 0.15) is 27.7 Å². The quantitative estimate of drug-likeness (QED) is 0.727. The summed E-state index contributed by atoms with van der Waals surface area (Å²) in [5, 5.41) is 8.21. The Morgan fingerprint density at radius 2 is 1.81 bits per heavy atom. The third-order valence-corrected chi connectivity index (χ3v) is 4.52. The first-order chi connectivity index (χ1) is 12.8. The summed E-state index contributed by atoms with van der Waals surface area (Å²) in [6.07, 6.45) is 1.72. The molecule has 1 saturated heterocycles. The number of amides is 1. The number of hydrogen-bond donors (Lipinski definition) is 0. The average molecular weight is 348 g/mol. The minimum atomic E-state index is -0.110. The van der Waals surface area contributed by atoms with Gasteiger partial charge >= 0.3 is 0 Å². The molecule has 0 radical (unpaired) electrons. The molecule has 1 unspecified atom stereocenters. The van der Waals surface area contributed by atoms with Gasteiger partial charge in [-0.1, -0.05) is 65.9 Å². The number of ether oxygens (including phenoxy) is 1. The van der Waals surface area contributed by atoms with Crippen LogP contribution in [0.15, 0.2) is 66.9 Å². The highest BCUT2D eigenvalue weighted by Crippen LogP contribution is 2.25. The molecule has 3 aromatic rings. The number of aromatic nitrogens is 3. The molecule has 132 valence electrons. The lowest BCUT2D eigenvalue weighted by Gasteiger charge is -2.35. The zero-order valence-corrected chi connectivity index (χ0v) is 14.4. The standard InChI is InChI=1S/C20H20N4O2/c25-20(18-14-23(22-21-18)13-16-7-3-1-4-8-16)24-11-12-26-15-19(24)17-9-5-2-6-10-17/h1-10,14,19H,11-13,15H2. The van der Waals surface area contributed by atoms with Gasteiger partial charge in [0.1, 0.15) is 0 Å². The van der Waals surface area contributed by atoms with Gasteiger partial charge in [0.05, 0.1) is 32.0 Å². The summed E-state index contributed by atoms with van der Waals surface area (Å²) in [6.45, 7) is 2.16. The van der Waals surface area contributed by atoms with E-state index in [0.29, 0.717) is 32.0 Å². The summed E-state index contributed by atoms with van der Waals surface area (Å²) < 4.78 is 7.30. The van der Waals surface area contributed by atoms with Gasteiger partial charge < -0.3 is 9.64 Å². The molecule has 0 bridgehead atoms. The van der Waals surface area contributed by atoms with Crippen molar-refractivity contribution >= 4 is 5.91 Å². The van der Waals surface area contributed by atoms with Crippen LogP contribution in [0.3, 0.4) is 0 Å². The van der Waals surface area contributed by atoms with Crippen LogP contribution < -0.4 is 0 Å². The van der Waals surface area contributed by atoms with E-state index in [-0.39, 0.29) is 11.9 Å². The normalized spacial score (nSPS) is 17.2. The number of hydrogen-bond acceptors (Lipinski definition) is 4. The van der Waals surface area contributed by atoms with Gasteiger partial charge in [-0.05, 0) is 11.1 Å². The number of rotatable bonds is 4. The van der Waals surface area contributed by atoms with Crippen molar-refractivity contribution in [3.63, 3.8) is 0 Å². The zero-order valence-electron chi connectivity index (χ0n) is 14.4. The van der Waals surface area contributed by atoms with Crippen LogP contribution in [0.25, 0.3) is 0 Å². The van der Waals surface area contributed by atoms with E-state index >= 15 is 0 Å². The fourth-order valence-corrected chi connectivity index (χ4v) is 3.19. The summed E-state index contributed by atoms with van der Waals surface area (Å²) in [4.78, 5) is 14.8. The molecule has 1 atom stereocenters. The molecule has 0 spiro atoms. The minimum absolute atomic E-state index is 0.100. The first-order valence-electron chi connectivity index (χ1n) is 8.69. The van der Waals surface area contributed by atoms with Gasteiger partial charge in [-0.3, -0.25) is 4.79 Å². The van der Waals surface area contributed by atoms with Crippen LogP contribution in [-0.4, -0.2) is 45.6 Å². The van der Waals surface area contributed by atoms with E-state index in [4.69, 9.17) is 4.74 Å². The van der Waals surface area contributed by atoms with E-state index in [0.717, 1.165) is 11.1 Å². The second-order valence-corrected chi connectivity index (χ2v) is 6.29. The van der Waals surface area contributed by atoms with Crippen molar-refractivity contribution in [2.24, 2.45) is 0 Å². The van der Waals surface area contributed by atoms with Gasteiger partial charge in [0.25, 0.3) is 5.91 Å². The minimum Gasteiger partial charge on any atom is -0.377 e. The number of benzene rings is 2. The van der Waals surface area contributed by atoms with E-state index in [1.165, 1.54) is 0 Å². The lowest BCUT2D eigenvalue weighted by atomic mass is 10.0. The van der Waals surface area contributed by atoms with Gasteiger partial charge in [-0.25, -0.2) is 4.68 Å². The van der Waals surface area contributed by atoms with E-state index < -0.39 is 0 Å². The Bertz CT molecular complexity index is 864. The predicted octanol–water partition coefficient (Wildman–Crippen LogP) is 2.54. The fourth-order valence-electron chi connectivity index (χ4n) is 3.19. The monoisotopic (exact) mass is 348 g/mol. The molecule has 1 aliphatic rings. The highest BCUT2D eigenvalue weighted by atomic mass is 16.5. The maximum absolute atomic E-state index is 13.0. The van der Waals surface area contributed by atoms with Gasteiger partial charge in [0.15, 0.2) is 5.69 Å². The Morgan fingerprint density at radius 3 is 2.58 bits per heavy atom. The Balaban J connectivity index is 1.53. The van der Waals surface area contributed by atoms with E-state index in [9.17, 15) is 4.79 Å². The Morgan fingerprint density at radius 1 is 1.08 bits per heavy atom. The molecule has 1 amide bonds. The van der Waals surface area contributed by atoms with Crippen molar-refractivity contribution in [1.29, 1.82) is 0 Å². The second-order valence-electron chi connectivity index (χ2n) is 6.29. The number of carbonyl (C=O) groups excluding carboxylic acids is 1.